The van der Waals surface area contributed by atoms with Crippen LogP contribution in [0.15, 0.2) is 36.4 Å². The molecule has 3 rings (SSSR count). The lowest BCUT2D eigenvalue weighted by Gasteiger charge is -2.37. The van der Waals surface area contributed by atoms with Crippen molar-refractivity contribution in [1.29, 1.82) is 0 Å². The van der Waals surface area contributed by atoms with Crippen molar-refractivity contribution in [3.05, 3.63) is 36.4 Å². The lowest BCUT2D eigenvalue weighted by molar-refractivity contribution is -0.0893. The van der Waals surface area contributed by atoms with Crippen molar-refractivity contribution in [3.8, 4) is 0 Å². The maximum atomic E-state index is 10.4. The van der Waals surface area contributed by atoms with Gasteiger partial charge in [-0.2, -0.15) is 0 Å². The monoisotopic (exact) mass is 382 g/mol. The van der Waals surface area contributed by atoms with E-state index in [2.05, 4.69) is 52.0 Å². The first-order chi connectivity index (χ1) is 12.8. The molecule has 150 valence electrons. The average Bonchev–Trinajstić information content (AvgIpc) is 2.79. The molecule has 1 aliphatic rings. The Morgan fingerprint density at radius 2 is 1.43 bits per heavy atom. The summed E-state index contributed by atoms with van der Waals surface area (Å²) in [6.07, 6.45) is 0. The first kappa shape index (κ1) is 21.4. The molecule has 0 bridgehead atoms. The van der Waals surface area contributed by atoms with Gasteiger partial charge in [0.25, 0.3) is 0 Å². The lowest BCUT2D eigenvalue weighted by Crippen LogP contribution is -2.49. The van der Waals surface area contributed by atoms with E-state index in [4.69, 9.17) is 14.0 Å². The van der Waals surface area contributed by atoms with Crippen molar-refractivity contribution in [2.45, 2.75) is 77.8 Å². The van der Waals surface area contributed by atoms with Crippen LogP contribution in [0.1, 0.15) is 55.4 Å². The number of hydrogen-bond donors (Lipinski definition) is 1. The Kier molecular flexibility index (Phi) is 5.25. The highest BCUT2D eigenvalue weighted by molar-refractivity contribution is 6.65. The molecule has 0 radical (unpaired) electrons. The molecular formula is C22H32B2O4. The molecule has 0 saturated carbocycles. The highest BCUT2D eigenvalue weighted by atomic mass is 16.7. The molecule has 0 aliphatic carbocycles. The summed E-state index contributed by atoms with van der Waals surface area (Å²) in [5, 5.41) is 12.6. The minimum atomic E-state index is -0.939. The van der Waals surface area contributed by atoms with E-state index in [-0.39, 0.29) is 11.2 Å². The van der Waals surface area contributed by atoms with Crippen LogP contribution in [0.5, 0.6) is 0 Å². The zero-order chi connectivity index (χ0) is 21.0. The van der Waals surface area contributed by atoms with Gasteiger partial charge in [0, 0.05) is 0 Å². The van der Waals surface area contributed by atoms with E-state index in [0.717, 1.165) is 21.7 Å². The van der Waals surface area contributed by atoms with Gasteiger partial charge in [-0.15, -0.1) is 0 Å². The molecule has 28 heavy (non-hydrogen) atoms. The number of benzene rings is 2. The average molecular weight is 382 g/mol. The molecule has 1 fully saturated rings. The summed E-state index contributed by atoms with van der Waals surface area (Å²) in [5.41, 5.74) is -0.258. The molecule has 6 heteroatoms. The maximum Gasteiger partial charge on any atom is 0.495 e. The van der Waals surface area contributed by atoms with Crippen molar-refractivity contribution in [2.75, 3.05) is 0 Å². The van der Waals surface area contributed by atoms with E-state index in [9.17, 15) is 5.11 Å². The highest BCUT2D eigenvalue weighted by Gasteiger charge is 2.52. The molecule has 0 amide bonds. The fourth-order valence-corrected chi connectivity index (χ4v) is 3.14. The molecule has 1 saturated heterocycles. The van der Waals surface area contributed by atoms with Crippen molar-refractivity contribution in [1.82, 2.24) is 0 Å². The van der Waals surface area contributed by atoms with E-state index in [1.54, 1.807) is 13.8 Å². The van der Waals surface area contributed by atoms with Gasteiger partial charge in [0.15, 0.2) is 0 Å². The Morgan fingerprint density at radius 3 is 2.00 bits per heavy atom. The van der Waals surface area contributed by atoms with E-state index in [0.29, 0.717) is 7.48 Å². The van der Waals surface area contributed by atoms with E-state index in [1.165, 1.54) is 0 Å². The predicted octanol–water partition coefficient (Wildman–Crippen LogP) is 2.68. The molecule has 1 aliphatic heterocycles. The molecule has 2 aromatic carbocycles. The summed E-state index contributed by atoms with van der Waals surface area (Å²) >= 11 is 0. The maximum absolute atomic E-state index is 10.4. The number of aliphatic hydroxyl groups is 1. The third kappa shape index (κ3) is 3.76. The van der Waals surface area contributed by atoms with Crippen LogP contribution < -0.4 is 10.9 Å². The van der Waals surface area contributed by atoms with E-state index in [1.807, 2.05) is 26.0 Å². The van der Waals surface area contributed by atoms with Gasteiger partial charge < -0.3 is 19.1 Å². The van der Waals surface area contributed by atoms with Crippen LogP contribution in [-0.4, -0.2) is 42.1 Å². The van der Waals surface area contributed by atoms with Crippen molar-refractivity contribution < 1.29 is 19.1 Å². The summed E-state index contributed by atoms with van der Waals surface area (Å²) in [4.78, 5) is 0. The van der Waals surface area contributed by atoms with Crippen molar-refractivity contribution in [2.24, 2.45) is 0 Å². The largest absolute Gasteiger partial charge is 0.495 e. The Balaban J connectivity index is 1.94. The number of hydrogen-bond acceptors (Lipinski definition) is 4. The SMILES string of the molecule is CC(C)(O)C(C)(C)OBc1cccc2c(B3OC(C)(C)C(C)(C)O3)cccc12. The van der Waals surface area contributed by atoms with Gasteiger partial charge in [-0.3, -0.25) is 0 Å². The Bertz CT molecular complexity index is 852. The molecule has 1 heterocycles. The van der Waals surface area contributed by atoms with Gasteiger partial charge in [-0.1, -0.05) is 36.4 Å². The van der Waals surface area contributed by atoms with Crippen LogP contribution in [0.3, 0.4) is 0 Å². The lowest BCUT2D eigenvalue weighted by atomic mass is 9.73. The molecule has 4 nitrogen and oxygen atoms in total. The molecular weight excluding hydrogens is 350 g/mol. The molecule has 1 N–H and O–H groups in total. The Labute approximate surface area is 170 Å². The van der Waals surface area contributed by atoms with E-state index >= 15 is 0 Å². The standard InChI is InChI=1S/C22H32B2O4/c1-19(2,25)20(3,4)26-23-17-13-9-12-16-15(17)11-10-14-18(16)24-27-21(5,6)22(7,8)28-24/h9-14,23,25H,1-8H3. The van der Waals surface area contributed by atoms with Gasteiger partial charge in [-0.05, 0) is 77.1 Å². The summed E-state index contributed by atoms with van der Waals surface area (Å²) in [6, 6.07) is 12.4. The van der Waals surface area contributed by atoms with Crippen LogP contribution in [0.25, 0.3) is 10.8 Å². The summed E-state index contributed by atoms with van der Waals surface area (Å²) in [7, 11) is 0.0129. The second kappa shape index (κ2) is 6.87. The van der Waals surface area contributed by atoms with Gasteiger partial charge in [0.1, 0.15) is 0 Å². The zero-order valence-electron chi connectivity index (χ0n) is 18.4. The number of fused-ring (bicyclic) bond motifs is 1. The normalized spacial score (nSPS) is 19.2. The van der Waals surface area contributed by atoms with Crippen LogP contribution in [0, 0.1) is 0 Å². The molecule has 2 aromatic rings. The van der Waals surface area contributed by atoms with Gasteiger partial charge in [0.2, 0.25) is 0 Å². The van der Waals surface area contributed by atoms with Crippen molar-refractivity contribution in [3.63, 3.8) is 0 Å². The van der Waals surface area contributed by atoms with Gasteiger partial charge in [0.05, 0.1) is 22.4 Å². The van der Waals surface area contributed by atoms with E-state index < -0.39 is 18.3 Å². The van der Waals surface area contributed by atoms with Crippen LogP contribution in [0.4, 0.5) is 0 Å². The number of rotatable bonds is 5. The summed E-state index contributed by atoms with van der Waals surface area (Å²) in [5.74, 6) is 0. The predicted molar refractivity (Wildman–Crippen MR) is 118 cm³/mol. The second-order valence-electron chi connectivity index (χ2n) is 9.81. The zero-order valence-corrected chi connectivity index (χ0v) is 18.4. The van der Waals surface area contributed by atoms with Crippen LogP contribution in [-0.2, 0) is 14.0 Å². The van der Waals surface area contributed by atoms with Crippen molar-refractivity contribution >= 4 is 36.3 Å². The molecule has 0 spiro atoms. The highest BCUT2D eigenvalue weighted by Crippen LogP contribution is 2.37. The smallest absolute Gasteiger partial charge is 0.427 e. The summed E-state index contributed by atoms with van der Waals surface area (Å²) < 4.78 is 18.6. The molecule has 0 atom stereocenters. The molecule has 0 aromatic heterocycles. The fraction of sp³-hybridized carbons (Fsp3) is 0.545. The van der Waals surface area contributed by atoms with Gasteiger partial charge >= 0.3 is 14.6 Å². The minimum Gasteiger partial charge on any atom is -0.427 e. The third-order valence-electron chi connectivity index (χ3n) is 6.62. The Hall–Kier alpha value is -1.33. The summed E-state index contributed by atoms with van der Waals surface area (Å²) in [6.45, 7) is 15.6. The topological polar surface area (TPSA) is 47.9 Å². The molecule has 0 unspecified atom stereocenters. The minimum absolute atomic E-state index is 0.378. The second-order valence-corrected chi connectivity index (χ2v) is 9.81. The quantitative estimate of drug-likeness (QED) is 0.809. The fourth-order valence-electron chi connectivity index (χ4n) is 3.14. The third-order valence-corrected chi connectivity index (χ3v) is 6.62. The van der Waals surface area contributed by atoms with Crippen LogP contribution in [0.2, 0.25) is 0 Å². The van der Waals surface area contributed by atoms with Gasteiger partial charge in [-0.25, -0.2) is 0 Å². The first-order valence-corrected chi connectivity index (χ1v) is 9.98. The Morgan fingerprint density at radius 1 is 0.893 bits per heavy atom. The van der Waals surface area contributed by atoms with Crippen LogP contribution >= 0.6 is 0 Å². The first-order valence-electron chi connectivity index (χ1n) is 9.98.